The largest absolute Gasteiger partial charge is 0.488 e. The van der Waals surface area contributed by atoms with Crippen LogP contribution < -0.4 is 10.1 Å². The summed E-state index contributed by atoms with van der Waals surface area (Å²) >= 11 is 1.81. The zero-order chi connectivity index (χ0) is 15.5. The minimum atomic E-state index is 0.153. The highest BCUT2D eigenvalue weighted by Gasteiger charge is 2.09. The highest BCUT2D eigenvalue weighted by Crippen LogP contribution is 2.21. The molecule has 1 heterocycles. The number of ether oxygens (including phenoxy) is 1. The lowest BCUT2D eigenvalue weighted by molar-refractivity contribution is 0.309. The summed E-state index contributed by atoms with van der Waals surface area (Å²) in [6.07, 6.45) is 0. The molecular weight excluding hydrogens is 278 g/mol. The summed E-state index contributed by atoms with van der Waals surface area (Å²) in [6.45, 7) is 12.3. The van der Waals surface area contributed by atoms with Crippen LogP contribution in [0.5, 0.6) is 5.75 Å². The predicted molar refractivity (Wildman–Crippen MR) is 91.2 cm³/mol. The first-order valence-electron chi connectivity index (χ1n) is 7.36. The van der Waals surface area contributed by atoms with Crippen molar-refractivity contribution in [1.82, 2.24) is 5.32 Å². The van der Waals surface area contributed by atoms with Gasteiger partial charge in [0.1, 0.15) is 12.4 Å². The fourth-order valence-corrected chi connectivity index (χ4v) is 2.78. The van der Waals surface area contributed by atoms with Crippen LogP contribution in [0.2, 0.25) is 0 Å². The van der Waals surface area contributed by atoms with Gasteiger partial charge in [0.2, 0.25) is 0 Å². The van der Waals surface area contributed by atoms with Gasteiger partial charge in [0, 0.05) is 21.8 Å². The molecule has 0 saturated heterocycles. The Balaban J connectivity index is 1.89. The molecule has 0 spiro atoms. The third-order valence-corrected chi connectivity index (χ3v) is 4.43. The summed E-state index contributed by atoms with van der Waals surface area (Å²) in [5, 5.41) is 3.51. The lowest BCUT2D eigenvalue weighted by Gasteiger charge is -2.19. The summed E-state index contributed by atoms with van der Waals surface area (Å²) < 4.78 is 5.88. The Morgan fingerprint density at radius 3 is 2.38 bits per heavy atom. The first-order chi connectivity index (χ1) is 9.83. The average Bonchev–Trinajstić information content (AvgIpc) is 2.85. The summed E-state index contributed by atoms with van der Waals surface area (Å²) in [6, 6.07) is 10.6. The number of thiophene rings is 1. The number of rotatable bonds is 5. The molecule has 2 nitrogen and oxygen atoms in total. The molecule has 1 aromatic heterocycles. The lowest BCUT2D eigenvalue weighted by atomic mass is 10.1. The van der Waals surface area contributed by atoms with Crippen LogP contribution in [0, 0.1) is 13.8 Å². The van der Waals surface area contributed by atoms with E-state index in [4.69, 9.17) is 4.74 Å². The Bertz CT molecular complexity index is 596. The van der Waals surface area contributed by atoms with E-state index in [0.717, 1.165) is 12.3 Å². The fraction of sp³-hybridized carbons (Fsp3) is 0.444. The van der Waals surface area contributed by atoms with E-state index < -0.39 is 0 Å². The normalized spacial score (nSPS) is 11.7. The third-order valence-electron chi connectivity index (χ3n) is 3.37. The molecule has 21 heavy (non-hydrogen) atoms. The maximum atomic E-state index is 5.88. The van der Waals surface area contributed by atoms with Crippen LogP contribution in [0.4, 0.5) is 0 Å². The van der Waals surface area contributed by atoms with Crippen LogP contribution in [-0.2, 0) is 13.2 Å². The van der Waals surface area contributed by atoms with Crippen LogP contribution in [0.1, 0.15) is 41.7 Å². The second kappa shape index (κ2) is 6.63. The fourth-order valence-electron chi connectivity index (χ4n) is 1.91. The highest BCUT2D eigenvalue weighted by atomic mass is 32.1. The molecular formula is C18H25NOS. The first-order valence-corrected chi connectivity index (χ1v) is 8.18. The van der Waals surface area contributed by atoms with E-state index in [0.29, 0.717) is 6.61 Å². The molecule has 0 aliphatic heterocycles. The van der Waals surface area contributed by atoms with Gasteiger partial charge in [0.05, 0.1) is 0 Å². The summed E-state index contributed by atoms with van der Waals surface area (Å²) in [5.74, 6) is 0.945. The molecule has 2 aromatic rings. The van der Waals surface area contributed by atoms with Gasteiger partial charge >= 0.3 is 0 Å². The van der Waals surface area contributed by atoms with Crippen molar-refractivity contribution in [1.29, 1.82) is 0 Å². The van der Waals surface area contributed by atoms with Gasteiger partial charge in [-0.3, -0.25) is 0 Å². The third kappa shape index (κ3) is 5.18. The van der Waals surface area contributed by atoms with E-state index in [9.17, 15) is 0 Å². The van der Waals surface area contributed by atoms with E-state index in [2.05, 4.69) is 64.2 Å². The van der Waals surface area contributed by atoms with Gasteiger partial charge in [0.15, 0.2) is 0 Å². The maximum Gasteiger partial charge on any atom is 0.122 e. The monoisotopic (exact) mass is 303 g/mol. The molecule has 0 atom stereocenters. The minimum absolute atomic E-state index is 0.153. The van der Waals surface area contributed by atoms with Crippen LogP contribution in [0.25, 0.3) is 0 Å². The van der Waals surface area contributed by atoms with Crippen LogP contribution in [-0.4, -0.2) is 5.54 Å². The molecule has 0 fully saturated rings. The van der Waals surface area contributed by atoms with Crippen molar-refractivity contribution < 1.29 is 4.74 Å². The topological polar surface area (TPSA) is 21.3 Å². The number of hydrogen-bond acceptors (Lipinski definition) is 3. The van der Waals surface area contributed by atoms with Crippen LogP contribution in [0.15, 0.2) is 30.3 Å². The molecule has 0 amide bonds. The average molecular weight is 303 g/mol. The van der Waals surface area contributed by atoms with Gasteiger partial charge in [-0.25, -0.2) is 0 Å². The number of hydrogen-bond donors (Lipinski definition) is 1. The summed E-state index contributed by atoms with van der Waals surface area (Å²) in [7, 11) is 0. The quantitative estimate of drug-likeness (QED) is 0.854. The van der Waals surface area contributed by atoms with Crippen LogP contribution in [0.3, 0.4) is 0 Å². The smallest absolute Gasteiger partial charge is 0.122 e. The molecule has 1 N–H and O–H groups in total. The Kier molecular flexibility index (Phi) is 5.07. The molecule has 0 aliphatic rings. The zero-order valence-electron chi connectivity index (χ0n) is 13.6. The molecule has 2 rings (SSSR count). The molecule has 114 valence electrons. The van der Waals surface area contributed by atoms with E-state index in [1.165, 1.54) is 20.9 Å². The Morgan fingerprint density at radius 2 is 1.71 bits per heavy atom. The second-order valence-electron chi connectivity index (χ2n) is 6.51. The zero-order valence-corrected chi connectivity index (χ0v) is 14.4. The number of aryl methyl sites for hydroxylation is 2. The molecule has 0 unspecified atom stereocenters. The predicted octanol–water partition coefficient (Wildman–Crippen LogP) is 4.83. The molecule has 1 aromatic carbocycles. The molecule has 0 aliphatic carbocycles. The van der Waals surface area contributed by atoms with E-state index in [1.807, 2.05) is 17.4 Å². The number of nitrogens with one attached hydrogen (secondary N) is 1. The SMILES string of the molecule is Cc1ccc(OCc2ccc(CNC(C)(C)C)s2)cc1C. The van der Waals surface area contributed by atoms with Gasteiger partial charge in [-0.05, 0) is 70.0 Å². The molecule has 0 saturated carbocycles. The van der Waals surface area contributed by atoms with Crippen molar-refractivity contribution in [3.05, 3.63) is 51.2 Å². The Morgan fingerprint density at radius 1 is 1.00 bits per heavy atom. The van der Waals surface area contributed by atoms with E-state index in [1.54, 1.807) is 0 Å². The van der Waals surface area contributed by atoms with Gasteiger partial charge in [-0.1, -0.05) is 6.07 Å². The van der Waals surface area contributed by atoms with Crippen molar-refractivity contribution >= 4 is 11.3 Å². The van der Waals surface area contributed by atoms with Gasteiger partial charge < -0.3 is 10.1 Å². The van der Waals surface area contributed by atoms with Crippen LogP contribution >= 0.6 is 11.3 Å². The van der Waals surface area contributed by atoms with E-state index in [-0.39, 0.29) is 5.54 Å². The highest BCUT2D eigenvalue weighted by molar-refractivity contribution is 7.11. The standard InChI is InChI=1S/C18H25NOS/c1-13-6-7-15(10-14(13)2)20-12-17-9-8-16(21-17)11-19-18(3,4)5/h6-10,19H,11-12H2,1-5H3. The van der Waals surface area contributed by atoms with Gasteiger partial charge in [-0.15, -0.1) is 11.3 Å². The van der Waals surface area contributed by atoms with Crippen molar-refractivity contribution in [3.8, 4) is 5.75 Å². The molecule has 3 heteroatoms. The van der Waals surface area contributed by atoms with Crippen molar-refractivity contribution in [3.63, 3.8) is 0 Å². The Labute approximate surface area is 132 Å². The second-order valence-corrected chi connectivity index (χ2v) is 7.76. The van der Waals surface area contributed by atoms with Crippen molar-refractivity contribution in [2.75, 3.05) is 0 Å². The Hall–Kier alpha value is -1.32. The van der Waals surface area contributed by atoms with Gasteiger partial charge in [0.25, 0.3) is 0 Å². The molecule has 0 bridgehead atoms. The lowest BCUT2D eigenvalue weighted by Crippen LogP contribution is -2.34. The molecule has 0 radical (unpaired) electrons. The first kappa shape index (κ1) is 16.1. The summed E-state index contributed by atoms with van der Waals surface area (Å²) in [4.78, 5) is 2.61. The van der Waals surface area contributed by atoms with E-state index >= 15 is 0 Å². The summed E-state index contributed by atoms with van der Waals surface area (Å²) in [5.41, 5.74) is 2.72. The van der Waals surface area contributed by atoms with Crippen molar-refractivity contribution in [2.45, 2.75) is 53.3 Å². The van der Waals surface area contributed by atoms with Gasteiger partial charge in [-0.2, -0.15) is 0 Å². The van der Waals surface area contributed by atoms with Crippen molar-refractivity contribution in [2.24, 2.45) is 0 Å². The maximum absolute atomic E-state index is 5.88. The minimum Gasteiger partial charge on any atom is -0.488 e. The number of benzene rings is 1.